The van der Waals surface area contributed by atoms with Gasteiger partial charge in [0, 0.05) is 11.8 Å². The van der Waals surface area contributed by atoms with Crippen molar-refractivity contribution < 1.29 is 31.4 Å². The van der Waals surface area contributed by atoms with Gasteiger partial charge in [-0.3, -0.25) is 4.98 Å². The molecule has 22 heavy (non-hydrogen) atoms. The van der Waals surface area contributed by atoms with Crippen LogP contribution < -0.4 is 0 Å². The van der Waals surface area contributed by atoms with Crippen LogP contribution >= 0.6 is 0 Å². The third-order valence-electron chi connectivity index (χ3n) is 2.98. The number of aliphatic hydroxyl groups is 1. The predicted octanol–water partition coefficient (Wildman–Crippen LogP) is 4.28. The van der Waals surface area contributed by atoms with Gasteiger partial charge in [0.05, 0.1) is 12.2 Å². The second kappa shape index (κ2) is 5.60. The van der Waals surface area contributed by atoms with Gasteiger partial charge in [-0.05, 0) is 29.3 Å². The maximum atomic E-state index is 13.0. The summed E-state index contributed by atoms with van der Waals surface area (Å²) >= 11 is 0. The van der Waals surface area contributed by atoms with Gasteiger partial charge in [0.1, 0.15) is 0 Å². The van der Waals surface area contributed by atoms with Gasteiger partial charge in [-0.1, -0.05) is 12.1 Å². The highest BCUT2D eigenvalue weighted by atomic mass is 19.4. The van der Waals surface area contributed by atoms with Crippen molar-refractivity contribution in [2.45, 2.75) is 19.0 Å². The van der Waals surface area contributed by atoms with Crippen LogP contribution in [0, 0.1) is 0 Å². The first-order valence-corrected chi connectivity index (χ1v) is 5.98. The number of aliphatic hydroxyl groups excluding tert-OH is 1. The zero-order valence-electron chi connectivity index (χ0n) is 10.8. The monoisotopic (exact) mass is 321 g/mol. The molecule has 0 atom stereocenters. The second-order valence-electron chi connectivity index (χ2n) is 4.42. The van der Waals surface area contributed by atoms with E-state index in [-0.39, 0.29) is 11.1 Å². The van der Waals surface area contributed by atoms with Crippen molar-refractivity contribution >= 4 is 0 Å². The minimum Gasteiger partial charge on any atom is -0.392 e. The van der Waals surface area contributed by atoms with Crippen LogP contribution in [-0.2, 0) is 19.0 Å². The van der Waals surface area contributed by atoms with E-state index in [1.807, 2.05) is 0 Å². The van der Waals surface area contributed by atoms with Crippen LogP contribution in [0.25, 0.3) is 11.1 Å². The van der Waals surface area contributed by atoms with Gasteiger partial charge in [0.2, 0.25) is 0 Å². The molecule has 1 aromatic heterocycles. The molecule has 8 heteroatoms. The van der Waals surface area contributed by atoms with Crippen molar-refractivity contribution in [2.75, 3.05) is 0 Å². The number of aromatic nitrogens is 1. The summed E-state index contributed by atoms with van der Waals surface area (Å²) < 4.78 is 76.5. The highest BCUT2D eigenvalue weighted by Crippen LogP contribution is 2.38. The molecule has 2 rings (SSSR count). The highest BCUT2D eigenvalue weighted by Gasteiger charge is 2.37. The van der Waals surface area contributed by atoms with Gasteiger partial charge >= 0.3 is 12.4 Å². The molecule has 1 N–H and O–H groups in total. The summed E-state index contributed by atoms with van der Waals surface area (Å²) in [6.45, 7) is -0.693. The molecule has 0 unspecified atom stereocenters. The second-order valence-corrected chi connectivity index (χ2v) is 4.42. The van der Waals surface area contributed by atoms with Crippen molar-refractivity contribution in [1.82, 2.24) is 4.98 Å². The molecule has 0 saturated heterocycles. The number of hydrogen-bond donors (Lipinski definition) is 1. The maximum Gasteiger partial charge on any atom is 0.433 e. The molecule has 0 saturated carbocycles. The molecule has 0 spiro atoms. The number of hydrogen-bond acceptors (Lipinski definition) is 2. The first-order chi connectivity index (χ1) is 10.1. The molecule has 0 bridgehead atoms. The lowest BCUT2D eigenvalue weighted by atomic mass is 9.97. The Morgan fingerprint density at radius 3 is 1.91 bits per heavy atom. The first-order valence-electron chi connectivity index (χ1n) is 5.98. The summed E-state index contributed by atoms with van der Waals surface area (Å²) in [7, 11) is 0. The molecule has 2 nitrogen and oxygen atoms in total. The Bertz CT molecular complexity index is 661. The van der Waals surface area contributed by atoms with Gasteiger partial charge in [-0.2, -0.15) is 26.3 Å². The fourth-order valence-electron chi connectivity index (χ4n) is 2.00. The Morgan fingerprint density at radius 2 is 1.45 bits per heavy atom. The number of benzene rings is 1. The Morgan fingerprint density at radius 1 is 0.864 bits per heavy atom. The van der Waals surface area contributed by atoms with E-state index in [9.17, 15) is 31.4 Å². The standard InChI is InChI=1S/C14H9F6NO/c15-13(16,17)10-3-1-8(2-4-10)11-9(7-22)5-6-21-12(11)14(18,19)20/h1-6,22H,7H2. The molecule has 0 aliphatic carbocycles. The molecule has 0 amide bonds. The summed E-state index contributed by atoms with van der Waals surface area (Å²) in [5.41, 5.74) is -2.82. The number of nitrogens with zero attached hydrogens (tertiary/aromatic N) is 1. The van der Waals surface area contributed by atoms with Gasteiger partial charge in [0.15, 0.2) is 5.69 Å². The molecule has 0 radical (unpaired) electrons. The fourth-order valence-corrected chi connectivity index (χ4v) is 2.00. The van der Waals surface area contributed by atoms with Gasteiger partial charge in [0.25, 0.3) is 0 Å². The van der Waals surface area contributed by atoms with Crippen molar-refractivity contribution in [3.63, 3.8) is 0 Å². The summed E-state index contributed by atoms with van der Waals surface area (Å²) in [5.74, 6) is 0. The Labute approximate surface area is 121 Å². The van der Waals surface area contributed by atoms with Gasteiger partial charge in [-0.25, -0.2) is 0 Å². The van der Waals surface area contributed by atoms with Crippen LogP contribution in [0.5, 0.6) is 0 Å². The highest BCUT2D eigenvalue weighted by molar-refractivity contribution is 5.70. The average molecular weight is 321 g/mol. The average Bonchev–Trinajstić information content (AvgIpc) is 2.44. The van der Waals surface area contributed by atoms with Crippen LogP contribution in [-0.4, -0.2) is 10.1 Å². The van der Waals surface area contributed by atoms with Crippen LogP contribution in [0.2, 0.25) is 0 Å². The maximum absolute atomic E-state index is 13.0. The van der Waals surface area contributed by atoms with Gasteiger partial charge < -0.3 is 5.11 Å². The Balaban J connectivity index is 2.61. The quantitative estimate of drug-likeness (QED) is 0.838. The lowest BCUT2D eigenvalue weighted by Gasteiger charge is -2.15. The molecular formula is C14H9F6NO. The van der Waals surface area contributed by atoms with Crippen molar-refractivity contribution in [2.24, 2.45) is 0 Å². The van der Waals surface area contributed by atoms with Crippen molar-refractivity contribution in [1.29, 1.82) is 0 Å². The molecule has 1 heterocycles. The normalized spacial score (nSPS) is 12.5. The van der Waals surface area contributed by atoms with Crippen LogP contribution in [0.4, 0.5) is 26.3 Å². The molecule has 2 aromatic rings. The summed E-state index contributed by atoms with van der Waals surface area (Å²) in [6, 6.07) is 4.40. The Kier molecular flexibility index (Phi) is 4.15. The van der Waals surface area contributed by atoms with E-state index in [0.29, 0.717) is 12.1 Å². The van der Waals surface area contributed by atoms with E-state index in [4.69, 9.17) is 0 Å². The minimum absolute atomic E-state index is 0.0675. The van der Waals surface area contributed by atoms with Gasteiger partial charge in [-0.15, -0.1) is 0 Å². The third kappa shape index (κ3) is 3.22. The number of rotatable bonds is 2. The van der Waals surface area contributed by atoms with Crippen molar-refractivity contribution in [3.8, 4) is 11.1 Å². The van der Waals surface area contributed by atoms with Crippen LogP contribution in [0.1, 0.15) is 16.8 Å². The van der Waals surface area contributed by atoms with Crippen LogP contribution in [0.3, 0.4) is 0 Å². The smallest absolute Gasteiger partial charge is 0.392 e. The molecular weight excluding hydrogens is 312 g/mol. The topological polar surface area (TPSA) is 33.1 Å². The molecule has 1 aromatic carbocycles. The largest absolute Gasteiger partial charge is 0.433 e. The van der Waals surface area contributed by atoms with E-state index < -0.39 is 35.8 Å². The molecule has 0 fully saturated rings. The van der Waals surface area contributed by atoms with E-state index in [0.717, 1.165) is 18.3 Å². The van der Waals surface area contributed by atoms with Crippen LogP contribution in [0.15, 0.2) is 36.5 Å². The lowest BCUT2D eigenvalue weighted by Crippen LogP contribution is -2.12. The summed E-state index contributed by atoms with van der Waals surface area (Å²) in [4.78, 5) is 3.25. The van der Waals surface area contributed by atoms with E-state index in [1.54, 1.807) is 0 Å². The number of pyridine rings is 1. The van der Waals surface area contributed by atoms with E-state index >= 15 is 0 Å². The molecule has 0 aliphatic heterocycles. The molecule has 118 valence electrons. The minimum atomic E-state index is -4.79. The lowest BCUT2D eigenvalue weighted by molar-refractivity contribution is -0.141. The summed E-state index contributed by atoms with van der Waals surface area (Å²) in [6.07, 6.45) is -8.48. The zero-order valence-corrected chi connectivity index (χ0v) is 10.8. The summed E-state index contributed by atoms with van der Waals surface area (Å²) in [5, 5.41) is 9.18. The Hall–Kier alpha value is -2.09. The fraction of sp³-hybridized carbons (Fsp3) is 0.214. The van der Waals surface area contributed by atoms with Crippen molar-refractivity contribution in [3.05, 3.63) is 53.3 Å². The predicted molar refractivity (Wildman–Crippen MR) is 65.6 cm³/mol. The first kappa shape index (κ1) is 16.3. The number of alkyl halides is 6. The molecule has 0 aliphatic rings. The van der Waals surface area contributed by atoms with E-state index in [1.165, 1.54) is 6.07 Å². The third-order valence-corrected chi connectivity index (χ3v) is 2.98. The number of halogens is 6. The van der Waals surface area contributed by atoms with E-state index in [2.05, 4.69) is 4.98 Å². The SMILES string of the molecule is OCc1ccnc(C(F)(F)F)c1-c1ccc(C(F)(F)F)cc1. The zero-order chi connectivity index (χ0) is 16.5.